The van der Waals surface area contributed by atoms with Gasteiger partial charge in [0, 0.05) is 0 Å². The maximum Gasteiger partial charge on any atom is 0.379 e. The largest absolute Gasteiger partial charge is 0.482 e. The summed E-state index contributed by atoms with van der Waals surface area (Å²) < 4.78 is 68.3. The maximum atomic E-state index is 13.0. The molecule has 0 rings (SSSR count). The van der Waals surface area contributed by atoms with E-state index in [0.717, 1.165) is 0 Å². The van der Waals surface area contributed by atoms with E-state index in [9.17, 15) is 22.0 Å². The quantitative estimate of drug-likeness (QED) is 0.410. The topological polar surface area (TPSA) is 9.23 Å². The highest BCUT2D eigenvalue weighted by Crippen LogP contribution is 2.39. The molecule has 1 unspecified atom stereocenters. The number of thiocarbonyl (C=S) groups is 1. The van der Waals surface area contributed by atoms with E-state index >= 15 is 0 Å². The molecule has 0 saturated heterocycles. The normalized spacial score (nSPS) is 14.7. The van der Waals surface area contributed by atoms with Gasteiger partial charge in [-0.25, -0.2) is 4.39 Å². The lowest BCUT2D eigenvalue weighted by molar-refractivity contribution is -0.204. The number of alkyl halides is 5. The van der Waals surface area contributed by atoms with Crippen molar-refractivity contribution >= 4 is 17.3 Å². The summed E-state index contributed by atoms with van der Waals surface area (Å²) in [5.41, 5.74) is 0. The molecule has 0 aromatic heterocycles. The van der Waals surface area contributed by atoms with Crippen LogP contribution in [0.2, 0.25) is 0 Å². The van der Waals surface area contributed by atoms with Crippen molar-refractivity contribution in [3.8, 4) is 0 Å². The van der Waals surface area contributed by atoms with Gasteiger partial charge in [0.15, 0.2) is 6.17 Å². The molecule has 0 aromatic rings. The fourth-order valence-corrected chi connectivity index (χ4v) is 1.01. The van der Waals surface area contributed by atoms with Crippen molar-refractivity contribution in [2.45, 2.75) is 44.7 Å². The van der Waals surface area contributed by atoms with Crippen LogP contribution in [0.4, 0.5) is 22.0 Å². The predicted octanol–water partition coefficient (Wildman–Crippen LogP) is 3.76. The van der Waals surface area contributed by atoms with E-state index in [1.165, 1.54) is 0 Å². The van der Waals surface area contributed by atoms with E-state index in [1.54, 1.807) is 6.92 Å². The zero-order chi connectivity index (χ0) is 13.0. The molecule has 96 valence electrons. The lowest BCUT2D eigenvalue weighted by Gasteiger charge is -2.27. The molecular weight excluding hydrogens is 251 g/mol. The van der Waals surface area contributed by atoms with E-state index in [2.05, 4.69) is 17.0 Å². The van der Waals surface area contributed by atoms with E-state index in [-0.39, 0.29) is 6.61 Å². The number of rotatable bonds is 6. The zero-order valence-electron chi connectivity index (χ0n) is 8.90. The first-order valence-corrected chi connectivity index (χ1v) is 5.15. The van der Waals surface area contributed by atoms with Gasteiger partial charge in [0.1, 0.15) is 0 Å². The minimum absolute atomic E-state index is 0.179. The first-order valence-electron chi connectivity index (χ1n) is 4.74. The Bertz CT molecular complexity index is 242. The Hall–Kier alpha value is -0.460. The molecule has 7 heteroatoms. The molecule has 0 amide bonds. The van der Waals surface area contributed by atoms with Crippen LogP contribution in [0.5, 0.6) is 0 Å². The molecule has 0 radical (unpaired) electrons. The molecule has 0 fully saturated rings. The summed E-state index contributed by atoms with van der Waals surface area (Å²) in [4.78, 5) is 0. The van der Waals surface area contributed by atoms with Crippen molar-refractivity contribution in [1.29, 1.82) is 0 Å². The van der Waals surface area contributed by atoms with Gasteiger partial charge >= 0.3 is 11.8 Å². The molecule has 0 aliphatic rings. The third-order valence-electron chi connectivity index (χ3n) is 1.91. The fourth-order valence-electron chi connectivity index (χ4n) is 0.786. The first kappa shape index (κ1) is 15.5. The first-order chi connectivity index (χ1) is 7.17. The van der Waals surface area contributed by atoms with Crippen molar-refractivity contribution in [1.82, 2.24) is 0 Å². The summed E-state index contributed by atoms with van der Waals surface area (Å²) in [5.74, 6) is -9.62. The average Bonchev–Trinajstić information content (AvgIpc) is 2.17. The summed E-state index contributed by atoms with van der Waals surface area (Å²) in [6.07, 6.45) is -1.95. The number of ether oxygens (including phenoxy) is 1. The molecule has 1 nitrogen and oxygen atoms in total. The summed E-state index contributed by atoms with van der Waals surface area (Å²) in [7, 11) is 0. The Kier molecular flexibility index (Phi) is 5.58. The van der Waals surface area contributed by atoms with E-state index in [0.29, 0.717) is 19.8 Å². The molecule has 0 aliphatic heterocycles. The molecule has 0 bridgehead atoms. The highest BCUT2D eigenvalue weighted by atomic mass is 32.1. The number of hydrogen-bond acceptors (Lipinski definition) is 2. The Morgan fingerprint density at radius 3 is 2.19 bits per heavy atom. The van der Waals surface area contributed by atoms with Gasteiger partial charge in [-0.2, -0.15) is 17.6 Å². The van der Waals surface area contributed by atoms with Crippen molar-refractivity contribution in [2.75, 3.05) is 6.61 Å². The van der Waals surface area contributed by atoms with Crippen LogP contribution in [-0.2, 0) is 4.74 Å². The summed E-state index contributed by atoms with van der Waals surface area (Å²) in [6, 6.07) is 0. The van der Waals surface area contributed by atoms with E-state index in [1.807, 2.05) is 0 Å². The zero-order valence-corrected chi connectivity index (χ0v) is 9.72. The van der Waals surface area contributed by atoms with Crippen molar-refractivity contribution in [3.63, 3.8) is 0 Å². The molecule has 0 aliphatic carbocycles. The third-order valence-corrected chi connectivity index (χ3v) is 2.28. The SMILES string of the molecule is CCCCOC(=S)C(F)(F)C(F)(F)C(C)F. The molecule has 16 heavy (non-hydrogen) atoms. The minimum atomic E-state index is -4.85. The van der Waals surface area contributed by atoms with Gasteiger partial charge in [0.05, 0.1) is 6.61 Å². The second-order valence-corrected chi connectivity index (χ2v) is 3.67. The van der Waals surface area contributed by atoms with Crippen LogP contribution in [0.3, 0.4) is 0 Å². The van der Waals surface area contributed by atoms with Crippen molar-refractivity contribution in [2.24, 2.45) is 0 Å². The Labute approximate surface area is 96.0 Å². The van der Waals surface area contributed by atoms with Gasteiger partial charge in [-0.1, -0.05) is 13.3 Å². The van der Waals surface area contributed by atoms with Gasteiger partial charge in [-0.15, -0.1) is 0 Å². The fraction of sp³-hybridized carbons (Fsp3) is 0.889. The number of halogens is 5. The summed E-state index contributed by atoms with van der Waals surface area (Å²) in [5, 5.41) is -1.56. The van der Waals surface area contributed by atoms with Crippen LogP contribution in [0, 0.1) is 0 Å². The van der Waals surface area contributed by atoms with Gasteiger partial charge < -0.3 is 4.74 Å². The van der Waals surface area contributed by atoms with Gasteiger partial charge in [-0.3, -0.25) is 0 Å². The monoisotopic (exact) mass is 264 g/mol. The van der Waals surface area contributed by atoms with Crippen LogP contribution in [0.25, 0.3) is 0 Å². The maximum absolute atomic E-state index is 13.0. The van der Waals surface area contributed by atoms with Crippen molar-refractivity contribution < 1.29 is 26.7 Å². The number of unbranched alkanes of at least 4 members (excludes halogenated alkanes) is 1. The summed E-state index contributed by atoms with van der Waals surface area (Å²) in [6.45, 7) is 1.94. The molecule has 0 N–H and O–H groups in total. The lowest BCUT2D eigenvalue weighted by Crippen LogP contribution is -2.52. The van der Waals surface area contributed by atoms with Crippen LogP contribution in [0.15, 0.2) is 0 Å². The van der Waals surface area contributed by atoms with Gasteiger partial charge in [-0.05, 0) is 25.6 Å². The lowest BCUT2D eigenvalue weighted by atomic mass is 10.1. The Morgan fingerprint density at radius 2 is 1.81 bits per heavy atom. The Morgan fingerprint density at radius 1 is 1.31 bits per heavy atom. The second kappa shape index (κ2) is 5.75. The highest BCUT2D eigenvalue weighted by Gasteiger charge is 2.64. The predicted molar refractivity (Wildman–Crippen MR) is 53.9 cm³/mol. The molecule has 0 saturated carbocycles. The van der Waals surface area contributed by atoms with Crippen LogP contribution in [-0.4, -0.2) is 29.7 Å². The molecular formula is C9H13F5OS. The van der Waals surface area contributed by atoms with Crippen LogP contribution >= 0.6 is 12.2 Å². The second-order valence-electron chi connectivity index (χ2n) is 3.30. The van der Waals surface area contributed by atoms with Gasteiger partial charge in [0.25, 0.3) is 0 Å². The highest BCUT2D eigenvalue weighted by molar-refractivity contribution is 7.80. The van der Waals surface area contributed by atoms with Crippen LogP contribution in [0.1, 0.15) is 26.7 Å². The standard InChI is InChI=1S/C9H13F5OS/c1-3-4-5-15-7(16)9(13,14)8(11,12)6(2)10/h6H,3-5H2,1-2H3. The molecule has 0 spiro atoms. The minimum Gasteiger partial charge on any atom is -0.482 e. The number of hydrogen-bond donors (Lipinski definition) is 0. The smallest absolute Gasteiger partial charge is 0.379 e. The third kappa shape index (κ3) is 3.26. The van der Waals surface area contributed by atoms with Crippen LogP contribution < -0.4 is 0 Å². The van der Waals surface area contributed by atoms with Crippen molar-refractivity contribution in [3.05, 3.63) is 0 Å². The molecule has 0 heterocycles. The average molecular weight is 264 g/mol. The summed E-state index contributed by atoms with van der Waals surface area (Å²) >= 11 is 4.05. The Balaban J connectivity index is 4.58. The molecule has 0 aromatic carbocycles. The molecule has 1 atom stereocenters. The van der Waals surface area contributed by atoms with E-state index < -0.39 is 23.1 Å². The van der Waals surface area contributed by atoms with E-state index in [4.69, 9.17) is 0 Å². The van der Waals surface area contributed by atoms with Gasteiger partial charge in [0.2, 0.25) is 5.05 Å².